The largest absolute Gasteiger partial charge is 0.319 e. The summed E-state index contributed by atoms with van der Waals surface area (Å²) in [5.41, 5.74) is 2.76. The van der Waals surface area contributed by atoms with E-state index in [9.17, 15) is 4.79 Å². The van der Waals surface area contributed by atoms with Crippen LogP contribution in [0.1, 0.15) is 21.7 Å². The molecule has 0 atom stereocenters. The number of carbonyl (C=O) groups is 1. The number of halogens is 1. The molecule has 0 fully saturated rings. The molecule has 22 heavy (non-hydrogen) atoms. The van der Waals surface area contributed by atoms with E-state index in [2.05, 4.69) is 20.5 Å². The summed E-state index contributed by atoms with van der Waals surface area (Å²) >= 11 is 6.13. The number of pyridine rings is 1. The van der Waals surface area contributed by atoms with Crippen LogP contribution < -0.4 is 5.32 Å². The second-order valence-electron chi connectivity index (χ2n) is 4.74. The van der Waals surface area contributed by atoms with Crippen LogP contribution in [-0.4, -0.2) is 21.1 Å². The first-order valence-electron chi connectivity index (χ1n) is 6.71. The fourth-order valence-corrected chi connectivity index (χ4v) is 2.25. The number of rotatable bonds is 4. The van der Waals surface area contributed by atoms with Gasteiger partial charge in [0.2, 0.25) is 0 Å². The average Bonchev–Trinajstić information content (AvgIpc) is 2.99. The minimum atomic E-state index is -0.283. The number of aromatic nitrogens is 3. The van der Waals surface area contributed by atoms with Crippen LogP contribution in [0.25, 0.3) is 0 Å². The van der Waals surface area contributed by atoms with Gasteiger partial charge in [0.1, 0.15) is 0 Å². The first kappa shape index (κ1) is 14.3. The first-order valence-corrected chi connectivity index (χ1v) is 7.09. The number of carbonyl (C=O) groups excluding carboxylic acids is 1. The van der Waals surface area contributed by atoms with E-state index in [0.717, 1.165) is 11.3 Å². The lowest BCUT2D eigenvalue weighted by molar-refractivity contribution is 0.102. The van der Waals surface area contributed by atoms with Gasteiger partial charge in [-0.25, -0.2) is 0 Å². The zero-order valence-corrected chi connectivity index (χ0v) is 12.3. The van der Waals surface area contributed by atoms with Gasteiger partial charge in [-0.1, -0.05) is 29.8 Å². The fraction of sp³-hybridized carbons (Fsp3) is 0.0625. The van der Waals surface area contributed by atoms with Crippen molar-refractivity contribution >= 4 is 23.2 Å². The molecule has 2 heterocycles. The summed E-state index contributed by atoms with van der Waals surface area (Å²) in [6, 6.07) is 12.8. The van der Waals surface area contributed by atoms with E-state index in [-0.39, 0.29) is 5.91 Å². The molecule has 0 saturated heterocycles. The summed E-state index contributed by atoms with van der Waals surface area (Å²) in [6.45, 7) is 0. The Kier molecular flexibility index (Phi) is 4.16. The number of nitrogens with zero attached hydrogens (tertiary/aromatic N) is 2. The Hall–Kier alpha value is -2.66. The van der Waals surface area contributed by atoms with Crippen molar-refractivity contribution in [3.8, 4) is 0 Å². The molecule has 6 heteroatoms. The van der Waals surface area contributed by atoms with Crippen molar-refractivity contribution < 1.29 is 4.79 Å². The highest BCUT2D eigenvalue weighted by Gasteiger charge is 2.11. The van der Waals surface area contributed by atoms with Gasteiger partial charge in [-0.3, -0.25) is 14.9 Å². The van der Waals surface area contributed by atoms with Crippen LogP contribution in [-0.2, 0) is 6.42 Å². The van der Waals surface area contributed by atoms with E-state index in [4.69, 9.17) is 11.6 Å². The SMILES string of the molecule is O=C(Nc1cccnc1)c1cc(Cc2ccccc2Cl)[nH]n1. The highest BCUT2D eigenvalue weighted by atomic mass is 35.5. The predicted octanol–water partition coefficient (Wildman–Crippen LogP) is 3.30. The number of benzene rings is 1. The van der Waals surface area contributed by atoms with E-state index < -0.39 is 0 Å². The molecule has 1 aromatic carbocycles. The number of hydrogen-bond donors (Lipinski definition) is 2. The Morgan fingerprint density at radius 3 is 2.86 bits per heavy atom. The molecule has 0 bridgehead atoms. The lowest BCUT2D eigenvalue weighted by Gasteiger charge is -2.01. The monoisotopic (exact) mass is 312 g/mol. The lowest BCUT2D eigenvalue weighted by Crippen LogP contribution is -2.12. The second kappa shape index (κ2) is 6.41. The van der Waals surface area contributed by atoms with Gasteiger partial charge in [-0.2, -0.15) is 5.10 Å². The minimum absolute atomic E-state index is 0.283. The molecule has 1 amide bonds. The number of H-pyrrole nitrogens is 1. The van der Waals surface area contributed by atoms with Crippen LogP contribution in [0.5, 0.6) is 0 Å². The van der Waals surface area contributed by atoms with Crippen molar-refractivity contribution in [3.63, 3.8) is 0 Å². The van der Waals surface area contributed by atoms with Crippen LogP contribution in [0.3, 0.4) is 0 Å². The van der Waals surface area contributed by atoms with E-state index in [0.29, 0.717) is 22.8 Å². The molecular formula is C16H13ClN4O. The zero-order chi connectivity index (χ0) is 15.4. The molecule has 5 nitrogen and oxygen atoms in total. The molecule has 0 aliphatic rings. The summed E-state index contributed by atoms with van der Waals surface area (Å²) in [4.78, 5) is 16.0. The van der Waals surface area contributed by atoms with Crippen molar-refractivity contribution in [2.75, 3.05) is 5.32 Å². The molecule has 0 radical (unpaired) electrons. The van der Waals surface area contributed by atoms with Gasteiger partial charge < -0.3 is 5.32 Å². The lowest BCUT2D eigenvalue weighted by atomic mass is 10.1. The molecule has 0 aliphatic heterocycles. The maximum atomic E-state index is 12.1. The van der Waals surface area contributed by atoms with E-state index in [1.54, 1.807) is 30.6 Å². The first-order chi connectivity index (χ1) is 10.7. The minimum Gasteiger partial charge on any atom is -0.319 e. The summed E-state index contributed by atoms with van der Waals surface area (Å²) in [7, 11) is 0. The van der Waals surface area contributed by atoms with Crippen molar-refractivity contribution in [1.82, 2.24) is 15.2 Å². The molecule has 0 unspecified atom stereocenters. The van der Waals surface area contributed by atoms with Crippen molar-refractivity contribution in [1.29, 1.82) is 0 Å². The van der Waals surface area contributed by atoms with Gasteiger partial charge in [0.15, 0.2) is 5.69 Å². The molecule has 0 aliphatic carbocycles. The Morgan fingerprint density at radius 1 is 1.23 bits per heavy atom. The highest BCUT2D eigenvalue weighted by Crippen LogP contribution is 2.18. The average molecular weight is 313 g/mol. The number of anilines is 1. The van der Waals surface area contributed by atoms with Gasteiger partial charge in [0.05, 0.1) is 11.9 Å². The Bertz CT molecular complexity index is 786. The normalized spacial score (nSPS) is 10.4. The van der Waals surface area contributed by atoms with Gasteiger partial charge in [-0.15, -0.1) is 0 Å². The maximum Gasteiger partial charge on any atom is 0.276 e. The summed E-state index contributed by atoms with van der Waals surface area (Å²) in [5.74, 6) is -0.283. The van der Waals surface area contributed by atoms with Crippen LogP contribution in [0.15, 0.2) is 54.9 Å². The molecule has 0 saturated carbocycles. The molecular weight excluding hydrogens is 300 g/mol. The Morgan fingerprint density at radius 2 is 2.09 bits per heavy atom. The third-order valence-electron chi connectivity index (χ3n) is 3.12. The number of aromatic amines is 1. The topological polar surface area (TPSA) is 70.7 Å². The molecule has 3 aromatic rings. The van der Waals surface area contributed by atoms with Gasteiger partial charge >= 0.3 is 0 Å². The maximum absolute atomic E-state index is 12.1. The van der Waals surface area contributed by atoms with Crippen LogP contribution in [0.2, 0.25) is 5.02 Å². The molecule has 0 spiro atoms. The Balaban J connectivity index is 1.71. The zero-order valence-electron chi connectivity index (χ0n) is 11.6. The fourth-order valence-electron chi connectivity index (χ4n) is 2.05. The Labute approximate surface area is 132 Å². The second-order valence-corrected chi connectivity index (χ2v) is 5.15. The van der Waals surface area contributed by atoms with Gasteiger partial charge in [-0.05, 0) is 29.8 Å². The van der Waals surface area contributed by atoms with Crippen molar-refractivity contribution in [2.24, 2.45) is 0 Å². The van der Waals surface area contributed by atoms with Crippen molar-refractivity contribution in [3.05, 3.63) is 76.8 Å². The number of hydrogen-bond acceptors (Lipinski definition) is 3. The molecule has 110 valence electrons. The molecule has 2 N–H and O–H groups in total. The third kappa shape index (κ3) is 3.32. The smallest absolute Gasteiger partial charge is 0.276 e. The third-order valence-corrected chi connectivity index (χ3v) is 3.49. The van der Waals surface area contributed by atoms with Gasteiger partial charge in [0.25, 0.3) is 5.91 Å². The highest BCUT2D eigenvalue weighted by molar-refractivity contribution is 6.31. The van der Waals surface area contributed by atoms with Crippen LogP contribution >= 0.6 is 11.6 Å². The summed E-state index contributed by atoms with van der Waals surface area (Å²) < 4.78 is 0. The van der Waals surface area contributed by atoms with Crippen LogP contribution in [0.4, 0.5) is 5.69 Å². The summed E-state index contributed by atoms with van der Waals surface area (Å²) in [6.07, 6.45) is 3.81. The number of nitrogens with one attached hydrogen (secondary N) is 2. The van der Waals surface area contributed by atoms with E-state index in [1.807, 2.05) is 24.3 Å². The van der Waals surface area contributed by atoms with Gasteiger partial charge in [0, 0.05) is 23.3 Å². The van der Waals surface area contributed by atoms with Crippen molar-refractivity contribution in [2.45, 2.75) is 6.42 Å². The van der Waals surface area contributed by atoms with Crippen LogP contribution in [0, 0.1) is 0 Å². The quantitative estimate of drug-likeness (QED) is 0.776. The van der Waals surface area contributed by atoms with E-state index in [1.165, 1.54) is 0 Å². The molecule has 2 aromatic heterocycles. The standard InChI is InChI=1S/C16H13ClN4O/c17-14-6-2-1-4-11(14)8-13-9-15(21-20-13)16(22)19-12-5-3-7-18-10-12/h1-7,9-10H,8H2,(H,19,22)(H,20,21). The molecule has 3 rings (SSSR count). The predicted molar refractivity (Wildman–Crippen MR) is 85.0 cm³/mol. The number of amides is 1. The van der Waals surface area contributed by atoms with E-state index >= 15 is 0 Å². The summed E-state index contributed by atoms with van der Waals surface area (Å²) in [5, 5.41) is 10.3.